The highest BCUT2D eigenvalue weighted by Crippen LogP contribution is 2.33. The fraction of sp³-hybridized carbons (Fsp3) is 0.385. The third kappa shape index (κ3) is 1.90. The maximum atomic E-state index is 11.7. The van der Waals surface area contributed by atoms with Gasteiger partial charge in [-0.05, 0) is 31.0 Å². The zero-order valence-corrected chi connectivity index (χ0v) is 10.0. The largest absolute Gasteiger partial charge is 0.496 e. The summed E-state index contributed by atoms with van der Waals surface area (Å²) in [4.78, 5) is 24.4. The quantitative estimate of drug-likeness (QED) is 0.748. The molecular formula is C13H15NO3. The van der Waals surface area contributed by atoms with Gasteiger partial charge in [0.1, 0.15) is 5.75 Å². The number of hydrogen-bond donors (Lipinski definition) is 0. The van der Waals surface area contributed by atoms with Crippen LogP contribution in [0, 0.1) is 0 Å². The van der Waals surface area contributed by atoms with E-state index >= 15 is 0 Å². The van der Waals surface area contributed by atoms with Gasteiger partial charge in [-0.25, -0.2) is 0 Å². The minimum absolute atomic E-state index is 0.113. The number of hydrogen-bond acceptors (Lipinski definition) is 3. The van der Waals surface area contributed by atoms with Crippen LogP contribution in [0.3, 0.4) is 0 Å². The Morgan fingerprint density at radius 2 is 2.18 bits per heavy atom. The summed E-state index contributed by atoms with van der Waals surface area (Å²) in [5.41, 5.74) is 2.39. The highest BCUT2D eigenvalue weighted by atomic mass is 16.5. The summed E-state index contributed by atoms with van der Waals surface area (Å²) in [6, 6.07) is 3.59. The number of benzene rings is 1. The summed E-state index contributed by atoms with van der Waals surface area (Å²) in [5, 5.41) is 0. The van der Waals surface area contributed by atoms with Crippen molar-refractivity contribution in [3.63, 3.8) is 0 Å². The molecule has 2 rings (SSSR count). The first kappa shape index (κ1) is 11.6. The van der Waals surface area contributed by atoms with Gasteiger partial charge in [0.25, 0.3) is 0 Å². The Morgan fingerprint density at radius 1 is 1.41 bits per heavy atom. The third-order valence-corrected chi connectivity index (χ3v) is 3.07. The highest BCUT2D eigenvalue weighted by Gasteiger charge is 2.24. The van der Waals surface area contributed by atoms with Gasteiger partial charge in [-0.3, -0.25) is 9.59 Å². The molecule has 0 unspecified atom stereocenters. The maximum absolute atomic E-state index is 11.7. The fourth-order valence-electron chi connectivity index (χ4n) is 2.20. The van der Waals surface area contributed by atoms with Crippen LogP contribution in [0.15, 0.2) is 12.1 Å². The Balaban J connectivity index is 2.55. The molecule has 0 aliphatic carbocycles. The number of rotatable bonds is 3. The second-order valence-electron chi connectivity index (χ2n) is 3.98. The number of nitrogens with zero attached hydrogens (tertiary/aromatic N) is 1. The summed E-state index contributed by atoms with van der Waals surface area (Å²) >= 11 is 0. The van der Waals surface area contributed by atoms with Crippen LogP contribution in [0.4, 0.5) is 5.69 Å². The topological polar surface area (TPSA) is 46.6 Å². The van der Waals surface area contributed by atoms with Gasteiger partial charge in [-0.2, -0.15) is 0 Å². The van der Waals surface area contributed by atoms with Gasteiger partial charge in [-0.1, -0.05) is 0 Å². The highest BCUT2D eigenvalue weighted by molar-refractivity contribution is 5.98. The molecule has 0 radical (unpaired) electrons. The van der Waals surface area contributed by atoms with E-state index in [0.29, 0.717) is 30.7 Å². The molecule has 1 aromatic carbocycles. The molecule has 0 saturated carbocycles. The lowest BCUT2D eigenvalue weighted by Gasteiger charge is -2.29. The van der Waals surface area contributed by atoms with Crippen molar-refractivity contribution in [1.29, 1.82) is 0 Å². The number of fused-ring (bicyclic) bond motifs is 1. The number of anilines is 1. The molecule has 0 atom stereocenters. The molecule has 0 N–H and O–H groups in total. The van der Waals surface area contributed by atoms with Crippen molar-refractivity contribution in [2.75, 3.05) is 18.6 Å². The molecule has 0 spiro atoms. The Morgan fingerprint density at radius 3 is 2.76 bits per heavy atom. The number of carbonyl (C=O) groups excluding carboxylic acids is 2. The summed E-state index contributed by atoms with van der Waals surface area (Å²) < 4.78 is 5.16. The van der Waals surface area contributed by atoms with Crippen molar-refractivity contribution >= 4 is 17.9 Å². The SMILES string of the molecule is CCN1C(=O)CCc2cc(OC)c(C=O)cc21. The van der Waals surface area contributed by atoms with E-state index in [0.717, 1.165) is 17.5 Å². The summed E-state index contributed by atoms with van der Waals surface area (Å²) in [6.45, 7) is 2.55. The van der Waals surface area contributed by atoms with Crippen LogP contribution < -0.4 is 9.64 Å². The van der Waals surface area contributed by atoms with Crippen LogP contribution in [0.25, 0.3) is 0 Å². The van der Waals surface area contributed by atoms with Crippen molar-refractivity contribution in [3.8, 4) is 5.75 Å². The predicted molar refractivity (Wildman–Crippen MR) is 64.7 cm³/mol. The van der Waals surface area contributed by atoms with E-state index in [4.69, 9.17) is 4.74 Å². The minimum Gasteiger partial charge on any atom is -0.496 e. The van der Waals surface area contributed by atoms with E-state index in [1.165, 1.54) is 0 Å². The lowest BCUT2D eigenvalue weighted by Crippen LogP contribution is -2.34. The van der Waals surface area contributed by atoms with Gasteiger partial charge in [0, 0.05) is 18.7 Å². The smallest absolute Gasteiger partial charge is 0.227 e. The molecule has 1 aliphatic heterocycles. The molecule has 90 valence electrons. The zero-order chi connectivity index (χ0) is 12.4. The lowest BCUT2D eigenvalue weighted by molar-refractivity contribution is -0.118. The summed E-state index contributed by atoms with van der Waals surface area (Å²) in [7, 11) is 1.54. The van der Waals surface area contributed by atoms with Crippen molar-refractivity contribution in [2.45, 2.75) is 19.8 Å². The van der Waals surface area contributed by atoms with E-state index in [-0.39, 0.29) is 5.91 Å². The molecule has 0 bridgehead atoms. The zero-order valence-electron chi connectivity index (χ0n) is 10.0. The van der Waals surface area contributed by atoms with Gasteiger partial charge < -0.3 is 9.64 Å². The van der Waals surface area contributed by atoms with E-state index in [1.807, 2.05) is 13.0 Å². The first-order valence-electron chi connectivity index (χ1n) is 5.67. The van der Waals surface area contributed by atoms with E-state index in [2.05, 4.69) is 0 Å². The van der Waals surface area contributed by atoms with Crippen LogP contribution in [-0.4, -0.2) is 25.8 Å². The normalized spacial score (nSPS) is 14.5. The molecule has 1 amide bonds. The Bertz CT molecular complexity index is 468. The molecule has 1 heterocycles. The second-order valence-corrected chi connectivity index (χ2v) is 3.98. The van der Waals surface area contributed by atoms with Crippen molar-refractivity contribution in [3.05, 3.63) is 23.3 Å². The number of aldehydes is 1. The number of carbonyl (C=O) groups is 2. The number of methoxy groups -OCH3 is 1. The maximum Gasteiger partial charge on any atom is 0.227 e. The van der Waals surface area contributed by atoms with Crippen LogP contribution in [0.2, 0.25) is 0 Å². The molecule has 1 aliphatic rings. The van der Waals surface area contributed by atoms with E-state index in [1.54, 1.807) is 18.1 Å². The number of ether oxygens (including phenoxy) is 1. The Labute approximate surface area is 100 Å². The fourth-order valence-corrected chi connectivity index (χ4v) is 2.20. The average molecular weight is 233 g/mol. The van der Waals surface area contributed by atoms with Crippen LogP contribution in [-0.2, 0) is 11.2 Å². The number of amides is 1. The molecule has 0 aromatic heterocycles. The second kappa shape index (κ2) is 4.57. The van der Waals surface area contributed by atoms with Crippen molar-refractivity contribution in [2.24, 2.45) is 0 Å². The van der Waals surface area contributed by atoms with Gasteiger partial charge in [0.15, 0.2) is 6.29 Å². The molecule has 0 saturated heterocycles. The first-order chi connectivity index (χ1) is 8.21. The Hall–Kier alpha value is -1.84. The molecular weight excluding hydrogens is 218 g/mol. The summed E-state index contributed by atoms with van der Waals surface area (Å²) in [6.07, 6.45) is 1.98. The Kier molecular flexibility index (Phi) is 3.13. The average Bonchev–Trinajstić information content (AvgIpc) is 2.37. The van der Waals surface area contributed by atoms with Gasteiger partial charge in [0.05, 0.1) is 12.7 Å². The monoisotopic (exact) mass is 233 g/mol. The van der Waals surface area contributed by atoms with Crippen LogP contribution in [0.5, 0.6) is 5.75 Å². The third-order valence-electron chi connectivity index (χ3n) is 3.07. The van der Waals surface area contributed by atoms with Crippen molar-refractivity contribution < 1.29 is 14.3 Å². The molecule has 4 nitrogen and oxygen atoms in total. The predicted octanol–water partition coefficient (Wildman–Crippen LogP) is 1.81. The van der Waals surface area contributed by atoms with Gasteiger partial charge in [0.2, 0.25) is 5.91 Å². The number of aryl methyl sites for hydroxylation is 1. The van der Waals surface area contributed by atoms with E-state index in [9.17, 15) is 9.59 Å². The standard InChI is InChI=1S/C13H15NO3/c1-3-14-11-6-10(8-15)12(17-2)7-9(11)4-5-13(14)16/h6-8H,3-5H2,1-2H3. The molecule has 17 heavy (non-hydrogen) atoms. The van der Waals surface area contributed by atoms with E-state index < -0.39 is 0 Å². The molecule has 0 fully saturated rings. The first-order valence-corrected chi connectivity index (χ1v) is 5.67. The molecule has 1 aromatic rings. The van der Waals surface area contributed by atoms with Gasteiger partial charge in [-0.15, -0.1) is 0 Å². The van der Waals surface area contributed by atoms with Crippen LogP contribution in [0.1, 0.15) is 29.3 Å². The molecule has 4 heteroatoms. The lowest BCUT2D eigenvalue weighted by atomic mass is 9.98. The minimum atomic E-state index is 0.113. The van der Waals surface area contributed by atoms with Crippen molar-refractivity contribution in [1.82, 2.24) is 0 Å². The van der Waals surface area contributed by atoms with Crippen LogP contribution >= 0.6 is 0 Å². The summed E-state index contributed by atoms with van der Waals surface area (Å²) in [5.74, 6) is 0.686. The van der Waals surface area contributed by atoms with Gasteiger partial charge >= 0.3 is 0 Å².